The Labute approximate surface area is 95.3 Å². The van der Waals surface area contributed by atoms with Gasteiger partial charge in [-0.3, -0.25) is 0 Å². The Balaban J connectivity index is 2.39. The average molecular weight is 209 g/mol. The first-order valence-electron chi connectivity index (χ1n) is 6.26. The molecule has 0 saturated heterocycles. The lowest BCUT2D eigenvalue weighted by Gasteiger charge is -2.39. The monoisotopic (exact) mass is 209 g/mol. The fourth-order valence-electron chi connectivity index (χ4n) is 2.93. The van der Waals surface area contributed by atoms with E-state index in [1.165, 1.54) is 24.8 Å². The molecule has 0 aromatic heterocycles. The van der Waals surface area contributed by atoms with Crippen molar-refractivity contribution in [1.29, 1.82) is 0 Å². The smallest absolute Gasteiger partial charge is 0.0139 e. The van der Waals surface area contributed by atoms with Crippen molar-refractivity contribution >= 4 is 0 Å². The van der Waals surface area contributed by atoms with E-state index in [1.54, 1.807) is 0 Å². The van der Waals surface area contributed by atoms with Gasteiger partial charge < -0.3 is 5.32 Å². The lowest BCUT2D eigenvalue weighted by Crippen LogP contribution is -2.40. The summed E-state index contributed by atoms with van der Waals surface area (Å²) in [6.45, 7) is 12.5. The highest BCUT2D eigenvalue weighted by Gasteiger charge is 2.31. The highest BCUT2D eigenvalue weighted by Crippen LogP contribution is 2.38. The summed E-state index contributed by atoms with van der Waals surface area (Å²) in [5.41, 5.74) is 1.94. The van der Waals surface area contributed by atoms with Gasteiger partial charge in [-0.2, -0.15) is 0 Å². The molecule has 0 radical (unpaired) electrons. The van der Waals surface area contributed by atoms with Gasteiger partial charge in [0.15, 0.2) is 0 Å². The first-order chi connectivity index (χ1) is 6.89. The van der Waals surface area contributed by atoms with Crippen molar-refractivity contribution in [3.05, 3.63) is 11.6 Å². The van der Waals surface area contributed by atoms with E-state index in [4.69, 9.17) is 0 Å². The first-order valence-corrected chi connectivity index (χ1v) is 6.26. The quantitative estimate of drug-likeness (QED) is 0.698. The van der Waals surface area contributed by atoms with E-state index in [0.717, 1.165) is 18.5 Å². The predicted octanol–water partition coefficient (Wildman–Crippen LogP) is 3.76. The highest BCUT2D eigenvalue weighted by molar-refractivity contribution is 4.96. The van der Waals surface area contributed by atoms with Crippen LogP contribution in [0.5, 0.6) is 0 Å². The fraction of sp³-hybridized carbons (Fsp3) is 0.857. The molecule has 1 N–H and O–H groups in total. The van der Waals surface area contributed by atoms with Crippen LogP contribution in [0.3, 0.4) is 0 Å². The molecule has 1 fully saturated rings. The zero-order valence-corrected chi connectivity index (χ0v) is 11.1. The molecule has 1 saturated carbocycles. The Kier molecular flexibility index (Phi) is 4.39. The topological polar surface area (TPSA) is 12.0 Å². The molecule has 15 heavy (non-hydrogen) atoms. The van der Waals surface area contributed by atoms with Crippen LogP contribution in [0.25, 0.3) is 0 Å². The first kappa shape index (κ1) is 12.8. The third-order valence-electron chi connectivity index (χ3n) is 3.30. The van der Waals surface area contributed by atoms with Gasteiger partial charge >= 0.3 is 0 Å². The molecule has 1 heteroatoms. The summed E-state index contributed by atoms with van der Waals surface area (Å²) in [6, 6.07) is 0.722. The summed E-state index contributed by atoms with van der Waals surface area (Å²) in [5.74, 6) is 0.873. The van der Waals surface area contributed by atoms with Gasteiger partial charge in [-0.15, -0.1) is 0 Å². The molecule has 0 amide bonds. The van der Waals surface area contributed by atoms with Crippen molar-refractivity contribution in [2.45, 2.75) is 59.9 Å². The van der Waals surface area contributed by atoms with Crippen LogP contribution >= 0.6 is 0 Å². The lowest BCUT2D eigenvalue weighted by atomic mass is 9.70. The van der Waals surface area contributed by atoms with Gasteiger partial charge in [-0.05, 0) is 44.4 Å². The van der Waals surface area contributed by atoms with E-state index < -0.39 is 0 Å². The van der Waals surface area contributed by atoms with Crippen LogP contribution < -0.4 is 5.32 Å². The van der Waals surface area contributed by atoms with Gasteiger partial charge in [-0.25, -0.2) is 0 Å². The normalized spacial score (nSPS) is 29.9. The summed E-state index contributed by atoms with van der Waals surface area (Å²) in [5, 5.41) is 3.66. The second kappa shape index (κ2) is 5.16. The second-order valence-electron chi connectivity index (χ2n) is 6.30. The maximum absolute atomic E-state index is 3.66. The lowest BCUT2D eigenvalue weighted by molar-refractivity contribution is 0.154. The van der Waals surface area contributed by atoms with E-state index in [9.17, 15) is 0 Å². The minimum Gasteiger partial charge on any atom is -0.310 e. The van der Waals surface area contributed by atoms with Crippen LogP contribution in [0, 0.1) is 11.3 Å². The molecule has 88 valence electrons. The third kappa shape index (κ3) is 4.83. The molecule has 0 aromatic carbocycles. The number of rotatable bonds is 3. The molecule has 2 unspecified atom stereocenters. The van der Waals surface area contributed by atoms with E-state index in [0.29, 0.717) is 5.41 Å². The standard InChI is InChI=1S/C14H27N/c1-11(2)6-7-15-13-8-12(3)9-14(4,5)10-13/h6,12-13,15H,7-10H2,1-5H3. The maximum Gasteiger partial charge on any atom is 0.0139 e. The Bertz CT molecular complexity index is 223. The number of nitrogens with one attached hydrogen (secondary N) is 1. The summed E-state index contributed by atoms with van der Waals surface area (Å²) >= 11 is 0. The number of hydrogen-bond acceptors (Lipinski definition) is 1. The molecule has 0 spiro atoms. The van der Waals surface area contributed by atoms with Gasteiger partial charge in [0.05, 0.1) is 0 Å². The van der Waals surface area contributed by atoms with Crippen LogP contribution in [0.1, 0.15) is 53.9 Å². The van der Waals surface area contributed by atoms with Crippen molar-refractivity contribution in [2.24, 2.45) is 11.3 Å². The van der Waals surface area contributed by atoms with Crippen LogP contribution in [0.15, 0.2) is 11.6 Å². The van der Waals surface area contributed by atoms with E-state index >= 15 is 0 Å². The zero-order valence-electron chi connectivity index (χ0n) is 11.1. The Morgan fingerprint density at radius 2 is 2.00 bits per heavy atom. The Hall–Kier alpha value is -0.300. The maximum atomic E-state index is 3.66. The zero-order chi connectivity index (χ0) is 11.5. The van der Waals surface area contributed by atoms with Crippen LogP contribution in [0.2, 0.25) is 0 Å². The van der Waals surface area contributed by atoms with Crippen LogP contribution in [-0.4, -0.2) is 12.6 Å². The third-order valence-corrected chi connectivity index (χ3v) is 3.30. The molecule has 1 rings (SSSR count). The van der Waals surface area contributed by atoms with E-state index in [1.807, 2.05) is 0 Å². The molecule has 0 aliphatic heterocycles. The molecule has 2 atom stereocenters. The molecular formula is C14H27N. The molecule has 0 bridgehead atoms. The van der Waals surface area contributed by atoms with Crippen molar-refractivity contribution in [2.75, 3.05) is 6.54 Å². The van der Waals surface area contributed by atoms with Crippen LogP contribution in [0.4, 0.5) is 0 Å². The van der Waals surface area contributed by atoms with Gasteiger partial charge in [0.2, 0.25) is 0 Å². The van der Waals surface area contributed by atoms with Crippen molar-refractivity contribution < 1.29 is 0 Å². The largest absolute Gasteiger partial charge is 0.310 e. The molecule has 1 aliphatic rings. The minimum absolute atomic E-state index is 0.528. The van der Waals surface area contributed by atoms with E-state index in [-0.39, 0.29) is 0 Å². The van der Waals surface area contributed by atoms with Gasteiger partial charge in [0.1, 0.15) is 0 Å². The van der Waals surface area contributed by atoms with Crippen molar-refractivity contribution in [1.82, 2.24) is 5.32 Å². The Morgan fingerprint density at radius 1 is 1.33 bits per heavy atom. The summed E-state index contributed by atoms with van der Waals surface area (Å²) in [7, 11) is 0. The molecular weight excluding hydrogens is 182 g/mol. The molecule has 1 aliphatic carbocycles. The number of hydrogen-bond donors (Lipinski definition) is 1. The minimum atomic E-state index is 0.528. The molecule has 0 heterocycles. The summed E-state index contributed by atoms with van der Waals surface area (Å²) in [4.78, 5) is 0. The van der Waals surface area contributed by atoms with Gasteiger partial charge in [0, 0.05) is 12.6 Å². The van der Waals surface area contributed by atoms with Gasteiger partial charge in [-0.1, -0.05) is 32.4 Å². The predicted molar refractivity (Wildman–Crippen MR) is 68.0 cm³/mol. The van der Waals surface area contributed by atoms with Crippen molar-refractivity contribution in [3.8, 4) is 0 Å². The fourth-order valence-corrected chi connectivity index (χ4v) is 2.93. The summed E-state index contributed by atoms with van der Waals surface area (Å²) in [6.07, 6.45) is 6.34. The average Bonchev–Trinajstić information content (AvgIpc) is 1.98. The highest BCUT2D eigenvalue weighted by atomic mass is 14.9. The Morgan fingerprint density at radius 3 is 2.53 bits per heavy atom. The SMILES string of the molecule is CC(C)=CCNC1CC(C)CC(C)(C)C1. The van der Waals surface area contributed by atoms with E-state index in [2.05, 4.69) is 46.0 Å². The van der Waals surface area contributed by atoms with Crippen molar-refractivity contribution in [3.63, 3.8) is 0 Å². The molecule has 0 aromatic rings. The molecule has 1 nitrogen and oxygen atoms in total. The van der Waals surface area contributed by atoms with Crippen LogP contribution in [-0.2, 0) is 0 Å². The second-order valence-corrected chi connectivity index (χ2v) is 6.30. The van der Waals surface area contributed by atoms with Gasteiger partial charge in [0.25, 0.3) is 0 Å². The summed E-state index contributed by atoms with van der Waals surface area (Å²) < 4.78 is 0. The number of allylic oxidation sites excluding steroid dienone is 1.